The number of piperidine rings is 1. The third-order valence-electron chi connectivity index (χ3n) is 6.16. The van der Waals surface area contributed by atoms with Crippen molar-refractivity contribution in [1.82, 2.24) is 9.80 Å². The van der Waals surface area contributed by atoms with Gasteiger partial charge in [0.1, 0.15) is 6.10 Å². The molecule has 1 aromatic rings. The Hall–Kier alpha value is -2.28. The average molecular weight is 405 g/mol. The largest absolute Gasteiger partial charge is 0.493 e. The molecule has 0 saturated carbocycles. The Bertz CT molecular complexity index is 762. The van der Waals surface area contributed by atoms with Crippen LogP contribution in [0.4, 0.5) is 0 Å². The summed E-state index contributed by atoms with van der Waals surface area (Å²) in [6, 6.07) is 4.16. The summed E-state index contributed by atoms with van der Waals surface area (Å²) < 4.78 is 16.6. The van der Waals surface area contributed by atoms with Gasteiger partial charge in [-0.25, -0.2) is 0 Å². The van der Waals surface area contributed by atoms with E-state index in [9.17, 15) is 9.59 Å². The predicted octanol–water partition coefficient (Wildman–Crippen LogP) is 2.42. The van der Waals surface area contributed by atoms with Gasteiger partial charge in [0.25, 0.3) is 0 Å². The van der Waals surface area contributed by atoms with Gasteiger partial charge in [-0.3, -0.25) is 14.5 Å². The molecule has 2 heterocycles. The zero-order chi connectivity index (χ0) is 21.1. The highest BCUT2D eigenvalue weighted by atomic mass is 16.5. The number of carbonyl (C=O) groups is 2. The van der Waals surface area contributed by atoms with Crippen LogP contribution in [0.15, 0.2) is 12.1 Å². The molecule has 2 aliphatic rings. The van der Waals surface area contributed by atoms with Crippen LogP contribution in [-0.4, -0.2) is 68.2 Å². The van der Waals surface area contributed by atoms with Crippen LogP contribution in [0.2, 0.25) is 0 Å². The summed E-state index contributed by atoms with van der Waals surface area (Å²) in [5, 5.41) is 0. The first-order valence-electron chi connectivity index (χ1n) is 10.4. The molecule has 3 rings (SSSR count). The van der Waals surface area contributed by atoms with Crippen molar-refractivity contribution in [2.45, 2.75) is 45.8 Å². The number of hydrogen-bond acceptors (Lipinski definition) is 6. The second-order valence-electron chi connectivity index (χ2n) is 7.67. The highest BCUT2D eigenvalue weighted by Gasteiger charge is 2.44. The van der Waals surface area contributed by atoms with Gasteiger partial charge in [0.15, 0.2) is 11.5 Å². The van der Waals surface area contributed by atoms with Gasteiger partial charge < -0.3 is 19.1 Å². The fourth-order valence-electron chi connectivity index (χ4n) is 4.68. The SMILES string of the molecule is CCN(CC)C(=O)[C@@H]1CN2CCc3cc(OC)c(OC)cc3[C@@H]2C[C@@H]1OC(C)=O. The molecule has 0 N–H and O–H groups in total. The molecule has 3 atom stereocenters. The number of amides is 1. The Morgan fingerprint density at radius 3 is 2.38 bits per heavy atom. The zero-order valence-electron chi connectivity index (χ0n) is 18.1. The van der Waals surface area contributed by atoms with Gasteiger partial charge in [0, 0.05) is 45.6 Å². The van der Waals surface area contributed by atoms with Crippen LogP contribution in [0.25, 0.3) is 0 Å². The lowest BCUT2D eigenvalue weighted by Crippen LogP contribution is -2.54. The van der Waals surface area contributed by atoms with Crippen molar-refractivity contribution in [2.75, 3.05) is 40.4 Å². The lowest BCUT2D eigenvalue weighted by Gasteiger charge is -2.46. The molecule has 0 unspecified atom stereocenters. The van der Waals surface area contributed by atoms with E-state index in [1.807, 2.05) is 30.9 Å². The van der Waals surface area contributed by atoms with Crippen LogP contribution < -0.4 is 9.47 Å². The summed E-state index contributed by atoms with van der Waals surface area (Å²) in [5.74, 6) is 0.804. The molecular weight excluding hydrogens is 372 g/mol. The van der Waals surface area contributed by atoms with Gasteiger partial charge in [0.2, 0.25) is 5.91 Å². The van der Waals surface area contributed by atoms with E-state index in [1.54, 1.807) is 14.2 Å². The van der Waals surface area contributed by atoms with Gasteiger partial charge in [-0.05, 0) is 43.5 Å². The molecule has 160 valence electrons. The van der Waals surface area contributed by atoms with E-state index in [-0.39, 0.29) is 23.8 Å². The average Bonchev–Trinajstić information content (AvgIpc) is 2.72. The van der Waals surface area contributed by atoms with Crippen LogP contribution in [0.3, 0.4) is 0 Å². The Balaban J connectivity index is 1.93. The van der Waals surface area contributed by atoms with E-state index < -0.39 is 6.10 Å². The molecule has 2 aliphatic heterocycles. The highest BCUT2D eigenvalue weighted by Crippen LogP contribution is 2.43. The Labute approximate surface area is 172 Å². The van der Waals surface area contributed by atoms with Crippen molar-refractivity contribution in [3.05, 3.63) is 23.3 Å². The van der Waals surface area contributed by atoms with Crippen LogP contribution in [0.1, 0.15) is 44.4 Å². The smallest absolute Gasteiger partial charge is 0.302 e. The fourth-order valence-corrected chi connectivity index (χ4v) is 4.68. The van der Waals surface area contributed by atoms with Gasteiger partial charge >= 0.3 is 5.97 Å². The maximum Gasteiger partial charge on any atom is 0.302 e. The maximum atomic E-state index is 13.1. The van der Waals surface area contributed by atoms with Crippen LogP contribution >= 0.6 is 0 Å². The molecule has 29 heavy (non-hydrogen) atoms. The first kappa shape index (κ1) is 21.4. The third kappa shape index (κ3) is 4.20. The summed E-state index contributed by atoms with van der Waals surface area (Å²) in [4.78, 5) is 29.1. The van der Waals surface area contributed by atoms with Crippen molar-refractivity contribution in [2.24, 2.45) is 5.92 Å². The number of hydrogen-bond donors (Lipinski definition) is 0. The molecule has 1 aromatic carbocycles. The molecule has 0 bridgehead atoms. The molecule has 7 nitrogen and oxygen atoms in total. The van der Waals surface area contributed by atoms with E-state index in [4.69, 9.17) is 14.2 Å². The number of benzene rings is 1. The van der Waals surface area contributed by atoms with E-state index in [0.717, 1.165) is 18.7 Å². The Kier molecular flexibility index (Phi) is 6.67. The van der Waals surface area contributed by atoms with E-state index in [2.05, 4.69) is 4.90 Å². The van der Waals surface area contributed by atoms with Crippen LogP contribution in [0, 0.1) is 5.92 Å². The molecule has 0 aliphatic carbocycles. The fraction of sp³-hybridized carbons (Fsp3) is 0.636. The minimum Gasteiger partial charge on any atom is -0.493 e. The van der Waals surface area contributed by atoms with Gasteiger partial charge in [-0.2, -0.15) is 0 Å². The first-order chi connectivity index (χ1) is 13.9. The normalized spacial score (nSPS) is 23.6. The zero-order valence-corrected chi connectivity index (χ0v) is 18.1. The van der Waals surface area contributed by atoms with Gasteiger partial charge in [0.05, 0.1) is 20.1 Å². The Morgan fingerprint density at radius 1 is 1.14 bits per heavy atom. The summed E-state index contributed by atoms with van der Waals surface area (Å²) in [6.07, 6.45) is 1.05. The minimum absolute atomic E-state index is 0.0674. The molecule has 1 fully saturated rings. The van der Waals surface area contributed by atoms with E-state index in [1.165, 1.54) is 18.1 Å². The van der Waals surface area contributed by atoms with E-state index in [0.29, 0.717) is 31.8 Å². The number of fused-ring (bicyclic) bond motifs is 3. The molecule has 7 heteroatoms. The second kappa shape index (κ2) is 9.03. The number of esters is 1. The van der Waals surface area contributed by atoms with Crippen molar-refractivity contribution >= 4 is 11.9 Å². The second-order valence-corrected chi connectivity index (χ2v) is 7.67. The summed E-state index contributed by atoms with van der Waals surface area (Å²) in [5.41, 5.74) is 2.39. The van der Waals surface area contributed by atoms with Crippen molar-refractivity contribution < 1.29 is 23.8 Å². The van der Waals surface area contributed by atoms with Gasteiger partial charge in [-0.15, -0.1) is 0 Å². The number of rotatable bonds is 6. The lowest BCUT2D eigenvalue weighted by molar-refractivity contribution is -0.161. The number of carbonyl (C=O) groups excluding carboxylic acids is 2. The maximum absolute atomic E-state index is 13.1. The minimum atomic E-state index is -0.430. The number of ether oxygens (including phenoxy) is 3. The molecular formula is C22H32N2O5. The molecule has 1 saturated heterocycles. The topological polar surface area (TPSA) is 68.3 Å². The quantitative estimate of drug-likeness (QED) is 0.679. The molecule has 0 aromatic heterocycles. The van der Waals surface area contributed by atoms with Crippen molar-refractivity contribution in [3.8, 4) is 11.5 Å². The standard InChI is InChI=1S/C22H32N2O5/c1-6-23(7-2)22(26)17-13-24-9-8-15-10-20(27-4)21(28-5)11-16(15)18(24)12-19(17)29-14(3)25/h10-11,17-19H,6-9,12-13H2,1-5H3/t17-,18+,19+/m1/s1. The van der Waals surface area contributed by atoms with Crippen LogP contribution in [0.5, 0.6) is 11.5 Å². The monoisotopic (exact) mass is 404 g/mol. The number of nitrogens with zero attached hydrogens (tertiary/aromatic N) is 2. The van der Waals surface area contributed by atoms with Crippen molar-refractivity contribution in [1.29, 1.82) is 0 Å². The molecule has 0 spiro atoms. The molecule has 0 radical (unpaired) electrons. The summed E-state index contributed by atoms with van der Waals surface area (Å²) in [7, 11) is 3.27. The highest BCUT2D eigenvalue weighted by molar-refractivity contribution is 5.80. The Morgan fingerprint density at radius 2 is 1.79 bits per heavy atom. The summed E-state index contributed by atoms with van der Waals surface area (Å²) in [6.45, 7) is 8.13. The van der Waals surface area contributed by atoms with Crippen molar-refractivity contribution in [3.63, 3.8) is 0 Å². The number of methoxy groups -OCH3 is 2. The summed E-state index contributed by atoms with van der Waals surface area (Å²) >= 11 is 0. The van der Waals surface area contributed by atoms with Crippen LogP contribution in [-0.2, 0) is 20.7 Å². The third-order valence-corrected chi connectivity index (χ3v) is 6.16. The van der Waals surface area contributed by atoms with Gasteiger partial charge in [-0.1, -0.05) is 0 Å². The van der Waals surface area contributed by atoms with E-state index >= 15 is 0 Å². The molecule has 1 amide bonds. The first-order valence-corrected chi connectivity index (χ1v) is 10.4. The predicted molar refractivity (Wildman–Crippen MR) is 109 cm³/mol. The lowest BCUT2D eigenvalue weighted by atomic mass is 9.81.